The fraction of sp³-hybridized carbons (Fsp3) is 0.818. The molecule has 4 nitrogen and oxygen atoms in total. The maximum Gasteiger partial charge on any atom is 0.410 e. The third-order valence-electron chi connectivity index (χ3n) is 1.70. The summed E-state index contributed by atoms with van der Waals surface area (Å²) in [5, 5.41) is 0. The highest BCUT2D eigenvalue weighted by atomic mass is 16.6. The zero-order valence-corrected chi connectivity index (χ0v) is 10.6. The number of aldehydes is 1. The first-order valence-electron chi connectivity index (χ1n) is 5.41. The molecule has 90 valence electrons. The second-order valence-corrected chi connectivity index (χ2v) is 3.16. The van der Waals surface area contributed by atoms with Gasteiger partial charge < -0.3 is 14.4 Å². The molecule has 0 bridgehead atoms. The third kappa shape index (κ3) is 6.94. The van der Waals surface area contributed by atoms with Crippen molar-refractivity contribution >= 4 is 12.4 Å². The van der Waals surface area contributed by atoms with E-state index in [1.165, 1.54) is 4.90 Å². The lowest BCUT2D eigenvalue weighted by molar-refractivity contribution is -0.111. The van der Waals surface area contributed by atoms with Crippen molar-refractivity contribution in [2.45, 2.75) is 53.2 Å². The first-order valence-corrected chi connectivity index (χ1v) is 5.41. The lowest BCUT2D eigenvalue weighted by Crippen LogP contribution is -2.39. The van der Waals surface area contributed by atoms with Crippen molar-refractivity contribution in [1.82, 2.24) is 4.90 Å². The number of carbonyl (C=O) groups excluding carboxylic acids is 2. The molecular weight excluding hydrogens is 194 g/mol. The zero-order valence-electron chi connectivity index (χ0n) is 10.6. The van der Waals surface area contributed by atoms with Gasteiger partial charge in [0.05, 0.1) is 12.1 Å². The molecule has 0 radical (unpaired) electrons. The van der Waals surface area contributed by atoms with Gasteiger partial charge in [-0.25, -0.2) is 4.79 Å². The smallest absolute Gasteiger partial charge is 0.410 e. The van der Waals surface area contributed by atoms with E-state index < -0.39 is 6.09 Å². The quantitative estimate of drug-likeness (QED) is 0.679. The van der Waals surface area contributed by atoms with Gasteiger partial charge in [-0.1, -0.05) is 20.8 Å². The first kappa shape index (κ1) is 16.4. The molecule has 0 aromatic rings. The van der Waals surface area contributed by atoms with Crippen molar-refractivity contribution < 1.29 is 14.3 Å². The van der Waals surface area contributed by atoms with Gasteiger partial charge >= 0.3 is 6.09 Å². The van der Waals surface area contributed by atoms with E-state index in [0.717, 1.165) is 6.29 Å². The molecule has 0 saturated carbocycles. The Morgan fingerprint density at radius 1 is 1.40 bits per heavy atom. The minimum atomic E-state index is -0.450. The van der Waals surface area contributed by atoms with Gasteiger partial charge in [0, 0.05) is 7.05 Å². The molecule has 0 N–H and O–H groups in total. The van der Waals surface area contributed by atoms with Crippen LogP contribution in [0.2, 0.25) is 0 Å². The minimum absolute atomic E-state index is 0.154. The molecule has 0 aromatic heterocycles. The summed E-state index contributed by atoms with van der Waals surface area (Å²) in [5.74, 6) is 0. The molecule has 15 heavy (non-hydrogen) atoms. The van der Waals surface area contributed by atoms with Gasteiger partial charge in [0.1, 0.15) is 6.29 Å². The summed E-state index contributed by atoms with van der Waals surface area (Å²) in [6.45, 7) is 9.39. The van der Waals surface area contributed by atoms with Crippen LogP contribution in [0.15, 0.2) is 0 Å². The molecule has 0 heterocycles. The average Bonchev–Trinajstić information content (AvgIpc) is 2.21. The summed E-state index contributed by atoms with van der Waals surface area (Å²) in [4.78, 5) is 23.1. The van der Waals surface area contributed by atoms with Crippen LogP contribution in [-0.2, 0) is 9.53 Å². The van der Waals surface area contributed by atoms with Crippen molar-refractivity contribution in [3.05, 3.63) is 0 Å². The Bertz CT molecular complexity index is 181. The van der Waals surface area contributed by atoms with Crippen molar-refractivity contribution in [1.29, 1.82) is 0 Å². The summed E-state index contributed by atoms with van der Waals surface area (Å²) in [7, 11) is 1.56. The van der Waals surface area contributed by atoms with Gasteiger partial charge in [-0.2, -0.15) is 0 Å². The van der Waals surface area contributed by atoms with E-state index >= 15 is 0 Å². The van der Waals surface area contributed by atoms with E-state index in [2.05, 4.69) is 0 Å². The van der Waals surface area contributed by atoms with Gasteiger partial charge in [0.15, 0.2) is 0 Å². The standard InChI is InChI=1S/C9H17NO3.C2H6/c1-5-8(6-11)10(4)9(12)13-7(2)3;1-2/h6-8H,5H2,1-4H3;1-2H3. The predicted molar refractivity (Wildman–Crippen MR) is 60.9 cm³/mol. The normalized spacial score (nSPS) is 11.1. The Labute approximate surface area is 92.6 Å². The van der Waals surface area contributed by atoms with Gasteiger partial charge in [0.2, 0.25) is 0 Å². The third-order valence-corrected chi connectivity index (χ3v) is 1.70. The van der Waals surface area contributed by atoms with E-state index in [-0.39, 0.29) is 12.1 Å². The van der Waals surface area contributed by atoms with E-state index in [4.69, 9.17) is 4.74 Å². The molecule has 0 aliphatic heterocycles. The molecular formula is C11H23NO3. The number of rotatable bonds is 4. The number of carbonyl (C=O) groups is 2. The summed E-state index contributed by atoms with van der Waals surface area (Å²) < 4.78 is 4.92. The maximum atomic E-state index is 11.3. The molecule has 0 fully saturated rings. The number of hydrogen-bond donors (Lipinski definition) is 0. The van der Waals surface area contributed by atoms with Crippen LogP contribution in [0, 0.1) is 0 Å². The highest BCUT2D eigenvalue weighted by Gasteiger charge is 2.19. The monoisotopic (exact) mass is 217 g/mol. The summed E-state index contributed by atoms with van der Waals surface area (Å²) in [6.07, 6.45) is 0.752. The first-order chi connectivity index (χ1) is 7.02. The Morgan fingerprint density at radius 2 is 1.87 bits per heavy atom. The summed E-state index contributed by atoms with van der Waals surface area (Å²) >= 11 is 0. The molecule has 0 spiro atoms. The highest BCUT2D eigenvalue weighted by molar-refractivity contribution is 5.73. The second-order valence-electron chi connectivity index (χ2n) is 3.16. The molecule has 0 aliphatic carbocycles. The number of hydrogen-bond acceptors (Lipinski definition) is 3. The number of amides is 1. The van der Waals surface area contributed by atoms with Crippen LogP contribution < -0.4 is 0 Å². The Balaban J connectivity index is 0. The van der Waals surface area contributed by atoms with Crippen molar-refractivity contribution in [2.75, 3.05) is 7.05 Å². The predicted octanol–water partition coefficient (Wildman–Crippen LogP) is 2.47. The van der Waals surface area contributed by atoms with E-state index in [1.54, 1.807) is 20.9 Å². The molecule has 0 aromatic carbocycles. The lowest BCUT2D eigenvalue weighted by Gasteiger charge is -2.22. The second kappa shape index (κ2) is 9.49. The number of likely N-dealkylation sites (N-methyl/N-ethyl adjacent to an activating group) is 1. The molecule has 0 saturated heterocycles. The molecule has 1 atom stereocenters. The molecule has 0 rings (SSSR count). The zero-order chi connectivity index (χ0) is 12.4. The van der Waals surface area contributed by atoms with Gasteiger partial charge in [-0.3, -0.25) is 0 Å². The molecule has 1 unspecified atom stereocenters. The van der Waals surface area contributed by atoms with Crippen LogP contribution in [0.1, 0.15) is 41.0 Å². The fourth-order valence-corrected chi connectivity index (χ4v) is 0.882. The van der Waals surface area contributed by atoms with E-state index in [0.29, 0.717) is 6.42 Å². The van der Waals surface area contributed by atoms with Gasteiger partial charge in [-0.15, -0.1) is 0 Å². The minimum Gasteiger partial charge on any atom is -0.447 e. The largest absolute Gasteiger partial charge is 0.447 e. The average molecular weight is 217 g/mol. The number of ether oxygens (including phenoxy) is 1. The summed E-state index contributed by atoms with van der Waals surface area (Å²) in [6, 6.07) is -0.383. The Hall–Kier alpha value is -1.06. The van der Waals surface area contributed by atoms with Crippen LogP contribution >= 0.6 is 0 Å². The molecule has 0 aliphatic rings. The topological polar surface area (TPSA) is 46.6 Å². The SMILES string of the molecule is CC.CCC(C=O)N(C)C(=O)OC(C)C. The molecule has 4 heteroatoms. The van der Waals surface area contributed by atoms with Crippen molar-refractivity contribution in [3.63, 3.8) is 0 Å². The van der Waals surface area contributed by atoms with Gasteiger partial charge in [-0.05, 0) is 20.3 Å². The van der Waals surface area contributed by atoms with Crippen LogP contribution in [0.4, 0.5) is 4.79 Å². The Kier molecular flexibility index (Phi) is 10.4. The van der Waals surface area contributed by atoms with Crippen LogP contribution in [0.5, 0.6) is 0 Å². The maximum absolute atomic E-state index is 11.3. The van der Waals surface area contributed by atoms with Crippen LogP contribution in [-0.4, -0.2) is 36.5 Å². The molecule has 1 amide bonds. The highest BCUT2D eigenvalue weighted by Crippen LogP contribution is 2.02. The van der Waals surface area contributed by atoms with E-state index in [1.807, 2.05) is 20.8 Å². The Morgan fingerprint density at radius 3 is 2.13 bits per heavy atom. The fourth-order valence-electron chi connectivity index (χ4n) is 0.882. The van der Waals surface area contributed by atoms with Gasteiger partial charge in [0.25, 0.3) is 0 Å². The van der Waals surface area contributed by atoms with E-state index in [9.17, 15) is 9.59 Å². The number of nitrogens with zero attached hydrogens (tertiary/aromatic N) is 1. The van der Waals surface area contributed by atoms with Crippen LogP contribution in [0.3, 0.4) is 0 Å². The summed E-state index contributed by atoms with van der Waals surface area (Å²) in [5.41, 5.74) is 0. The van der Waals surface area contributed by atoms with Crippen molar-refractivity contribution in [3.8, 4) is 0 Å². The lowest BCUT2D eigenvalue weighted by atomic mass is 10.2. The van der Waals surface area contributed by atoms with Crippen molar-refractivity contribution in [2.24, 2.45) is 0 Å². The van der Waals surface area contributed by atoms with Crippen LogP contribution in [0.25, 0.3) is 0 Å².